The molecule has 1 N–H and O–H groups in total. The molecule has 0 bridgehead atoms. The summed E-state index contributed by atoms with van der Waals surface area (Å²) < 4.78 is 2.01. The summed E-state index contributed by atoms with van der Waals surface area (Å²) in [6.07, 6.45) is 9.22. The topological polar surface area (TPSA) is 29.9 Å². The van der Waals surface area contributed by atoms with Crippen LogP contribution in [-0.4, -0.2) is 22.4 Å². The van der Waals surface area contributed by atoms with Crippen LogP contribution < -0.4 is 5.32 Å². The molecule has 1 aromatic heterocycles. The number of aromatic nitrogens is 2. The first-order valence-electron chi connectivity index (χ1n) is 7.45. The third-order valence-corrected chi connectivity index (χ3v) is 3.63. The Hall–Kier alpha value is -0.830. The summed E-state index contributed by atoms with van der Waals surface area (Å²) in [6, 6.07) is 0.580. The monoisotopic (exact) mass is 251 g/mol. The van der Waals surface area contributed by atoms with Gasteiger partial charge in [0.05, 0.1) is 6.20 Å². The molecule has 0 spiro atoms. The Labute approximate surface area is 112 Å². The Morgan fingerprint density at radius 2 is 2.11 bits per heavy atom. The fourth-order valence-corrected chi connectivity index (χ4v) is 2.40. The van der Waals surface area contributed by atoms with Crippen LogP contribution in [0.5, 0.6) is 0 Å². The van der Waals surface area contributed by atoms with Gasteiger partial charge in [-0.15, -0.1) is 0 Å². The quantitative estimate of drug-likeness (QED) is 0.730. The summed E-state index contributed by atoms with van der Waals surface area (Å²) in [7, 11) is 0. The fourth-order valence-electron chi connectivity index (χ4n) is 2.40. The number of hydrogen-bond donors (Lipinski definition) is 1. The molecule has 104 valence electrons. The third-order valence-electron chi connectivity index (χ3n) is 3.63. The lowest BCUT2D eigenvalue weighted by molar-refractivity contribution is 0.352. The average molecular weight is 251 g/mol. The van der Waals surface area contributed by atoms with Crippen LogP contribution in [0.1, 0.15) is 52.5 Å². The molecule has 0 radical (unpaired) electrons. The van der Waals surface area contributed by atoms with Crippen LogP contribution in [0.4, 0.5) is 0 Å². The SMILES string of the molecule is CCCCC(C)C(Cc1cnn(CC)c1)NCC. The van der Waals surface area contributed by atoms with Crippen molar-refractivity contribution in [1.29, 1.82) is 0 Å². The van der Waals surface area contributed by atoms with Gasteiger partial charge >= 0.3 is 0 Å². The minimum Gasteiger partial charge on any atom is -0.314 e. The van der Waals surface area contributed by atoms with Crippen molar-refractivity contribution in [2.75, 3.05) is 6.54 Å². The number of hydrogen-bond acceptors (Lipinski definition) is 2. The maximum atomic E-state index is 4.36. The summed E-state index contributed by atoms with van der Waals surface area (Å²) in [4.78, 5) is 0. The molecule has 0 saturated carbocycles. The van der Waals surface area contributed by atoms with E-state index in [1.165, 1.54) is 24.8 Å². The summed E-state index contributed by atoms with van der Waals surface area (Å²) in [5, 5.41) is 7.99. The van der Waals surface area contributed by atoms with Gasteiger partial charge in [-0.05, 0) is 37.8 Å². The molecule has 0 aliphatic rings. The zero-order valence-corrected chi connectivity index (χ0v) is 12.4. The molecule has 0 aromatic carbocycles. The van der Waals surface area contributed by atoms with Gasteiger partial charge in [-0.2, -0.15) is 5.10 Å². The van der Waals surface area contributed by atoms with E-state index in [1.807, 2.05) is 10.9 Å². The van der Waals surface area contributed by atoms with Crippen LogP contribution in [0.2, 0.25) is 0 Å². The van der Waals surface area contributed by atoms with Crippen molar-refractivity contribution in [2.24, 2.45) is 5.92 Å². The fraction of sp³-hybridized carbons (Fsp3) is 0.800. The zero-order valence-electron chi connectivity index (χ0n) is 12.4. The average Bonchev–Trinajstić information content (AvgIpc) is 2.83. The summed E-state index contributed by atoms with van der Waals surface area (Å²) in [6.45, 7) is 10.9. The van der Waals surface area contributed by atoms with Crippen molar-refractivity contribution in [1.82, 2.24) is 15.1 Å². The molecule has 3 heteroatoms. The van der Waals surface area contributed by atoms with E-state index in [0.717, 1.165) is 25.4 Å². The van der Waals surface area contributed by atoms with Gasteiger partial charge in [-0.3, -0.25) is 4.68 Å². The third kappa shape index (κ3) is 4.81. The van der Waals surface area contributed by atoms with Gasteiger partial charge in [0.1, 0.15) is 0 Å². The number of nitrogens with zero attached hydrogens (tertiary/aromatic N) is 2. The molecule has 0 aliphatic carbocycles. The highest BCUT2D eigenvalue weighted by atomic mass is 15.3. The minimum absolute atomic E-state index is 0.580. The summed E-state index contributed by atoms with van der Waals surface area (Å²) in [5.74, 6) is 0.731. The second kappa shape index (κ2) is 8.30. The first-order chi connectivity index (χ1) is 8.71. The van der Waals surface area contributed by atoms with Crippen molar-refractivity contribution in [3.63, 3.8) is 0 Å². The zero-order chi connectivity index (χ0) is 13.4. The van der Waals surface area contributed by atoms with Crippen LogP contribution in [0.3, 0.4) is 0 Å². The number of rotatable bonds is 9. The van der Waals surface area contributed by atoms with Crippen LogP contribution in [-0.2, 0) is 13.0 Å². The molecule has 1 rings (SSSR count). The summed E-state index contributed by atoms with van der Waals surface area (Å²) in [5.41, 5.74) is 1.35. The van der Waals surface area contributed by atoms with Crippen LogP contribution in [0.25, 0.3) is 0 Å². The number of aryl methyl sites for hydroxylation is 1. The van der Waals surface area contributed by atoms with Gasteiger partial charge in [0.2, 0.25) is 0 Å². The van der Waals surface area contributed by atoms with Crippen LogP contribution in [0, 0.1) is 5.92 Å². The highest BCUT2D eigenvalue weighted by Gasteiger charge is 2.17. The largest absolute Gasteiger partial charge is 0.314 e. The van der Waals surface area contributed by atoms with Gasteiger partial charge in [-0.1, -0.05) is 33.6 Å². The van der Waals surface area contributed by atoms with Gasteiger partial charge in [0, 0.05) is 18.8 Å². The second-order valence-corrected chi connectivity index (χ2v) is 5.19. The predicted octanol–water partition coefficient (Wildman–Crippen LogP) is 3.25. The lowest BCUT2D eigenvalue weighted by Gasteiger charge is -2.24. The smallest absolute Gasteiger partial charge is 0.0522 e. The van der Waals surface area contributed by atoms with Crippen molar-refractivity contribution in [3.8, 4) is 0 Å². The molecular weight excluding hydrogens is 222 g/mol. The Morgan fingerprint density at radius 1 is 1.33 bits per heavy atom. The Morgan fingerprint density at radius 3 is 2.67 bits per heavy atom. The van der Waals surface area contributed by atoms with Gasteiger partial charge in [-0.25, -0.2) is 0 Å². The first kappa shape index (κ1) is 15.2. The molecule has 18 heavy (non-hydrogen) atoms. The highest BCUT2D eigenvalue weighted by molar-refractivity contribution is 5.06. The Kier molecular flexibility index (Phi) is 7.02. The molecule has 2 atom stereocenters. The molecule has 1 heterocycles. The molecule has 0 aliphatic heterocycles. The van der Waals surface area contributed by atoms with E-state index >= 15 is 0 Å². The Balaban J connectivity index is 2.55. The second-order valence-electron chi connectivity index (χ2n) is 5.19. The van der Waals surface area contributed by atoms with Crippen LogP contribution in [0.15, 0.2) is 12.4 Å². The molecule has 2 unspecified atom stereocenters. The number of likely N-dealkylation sites (N-methyl/N-ethyl adjacent to an activating group) is 1. The van der Waals surface area contributed by atoms with E-state index in [9.17, 15) is 0 Å². The number of nitrogens with one attached hydrogen (secondary N) is 1. The van der Waals surface area contributed by atoms with E-state index in [0.29, 0.717) is 6.04 Å². The van der Waals surface area contributed by atoms with E-state index < -0.39 is 0 Å². The number of unbranched alkanes of at least 4 members (excludes halogenated alkanes) is 1. The molecule has 0 saturated heterocycles. The van der Waals surface area contributed by atoms with E-state index in [4.69, 9.17) is 0 Å². The lowest BCUT2D eigenvalue weighted by Crippen LogP contribution is -2.36. The van der Waals surface area contributed by atoms with Crippen LogP contribution >= 0.6 is 0 Å². The first-order valence-corrected chi connectivity index (χ1v) is 7.45. The maximum Gasteiger partial charge on any atom is 0.0522 e. The molecule has 0 fully saturated rings. The Bertz CT molecular complexity index is 319. The van der Waals surface area contributed by atoms with E-state index in [1.54, 1.807) is 0 Å². The van der Waals surface area contributed by atoms with E-state index in [2.05, 4.69) is 44.3 Å². The van der Waals surface area contributed by atoms with Gasteiger partial charge in [0.15, 0.2) is 0 Å². The molecular formula is C15H29N3. The molecule has 3 nitrogen and oxygen atoms in total. The van der Waals surface area contributed by atoms with E-state index in [-0.39, 0.29) is 0 Å². The maximum absolute atomic E-state index is 4.36. The molecule has 1 aromatic rings. The predicted molar refractivity (Wildman–Crippen MR) is 77.8 cm³/mol. The standard InChI is InChI=1S/C15H29N3/c1-5-8-9-13(4)15(16-6-2)10-14-11-17-18(7-3)12-14/h11-13,15-16H,5-10H2,1-4H3. The lowest BCUT2D eigenvalue weighted by atomic mass is 9.91. The van der Waals surface area contributed by atoms with Gasteiger partial charge in [0.25, 0.3) is 0 Å². The van der Waals surface area contributed by atoms with Crippen molar-refractivity contribution >= 4 is 0 Å². The minimum atomic E-state index is 0.580. The van der Waals surface area contributed by atoms with Crippen molar-refractivity contribution in [3.05, 3.63) is 18.0 Å². The normalized spacial score (nSPS) is 14.7. The van der Waals surface area contributed by atoms with Crippen molar-refractivity contribution in [2.45, 2.75) is 66.0 Å². The highest BCUT2D eigenvalue weighted by Crippen LogP contribution is 2.16. The van der Waals surface area contributed by atoms with Gasteiger partial charge < -0.3 is 5.32 Å². The summed E-state index contributed by atoms with van der Waals surface area (Å²) >= 11 is 0. The molecule has 0 amide bonds. The van der Waals surface area contributed by atoms with Crippen molar-refractivity contribution < 1.29 is 0 Å².